The molecule has 0 fully saturated rings. The van der Waals surface area contributed by atoms with E-state index in [4.69, 9.17) is 5.11 Å². The average Bonchev–Trinajstić information content (AvgIpc) is 2.46. The van der Waals surface area contributed by atoms with E-state index < -0.39 is 9.84 Å². The lowest BCUT2D eigenvalue weighted by Crippen LogP contribution is -2.18. The van der Waals surface area contributed by atoms with Crippen molar-refractivity contribution in [3.8, 4) is 0 Å². The molecule has 1 N–H and O–H groups in total. The summed E-state index contributed by atoms with van der Waals surface area (Å²) in [6.45, 7) is 7.95. The van der Waals surface area contributed by atoms with Crippen LogP contribution >= 0.6 is 0 Å². The Morgan fingerprint density at radius 3 is 2.41 bits per heavy atom. The molecule has 0 unspecified atom stereocenters. The molecule has 5 nitrogen and oxygen atoms in total. The van der Waals surface area contributed by atoms with Crippen LogP contribution in [0.25, 0.3) is 0 Å². The molecule has 6 heteroatoms. The van der Waals surface area contributed by atoms with Crippen LogP contribution in [-0.2, 0) is 16.4 Å². The average molecular weight is 260 g/mol. The fraction of sp³-hybridized carbons (Fsp3) is 0.727. The van der Waals surface area contributed by atoms with E-state index in [1.807, 2.05) is 20.8 Å². The zero-order chi connectivity index (χ0) is 13.2. The second kappa shape index (κ2) is 5.18. The Labute approximate surface area is 102 Å². The Morgan fingerprint density at radius 2 is 1.94 bits per heavy atom. The third kappa shape index (κ3) is 3.07. The van der Waals surface area contributed by atoms with Gasteiger partial charge in [-0.1, -0.05) is 13.8 Å². The summed E-state index contributed by atoms with van der Waals surface area (Å²) in [5, 5.41) is 8.87. The number of aromatic nitrogens is 2. The van der Waals surface area contributed by atoms with E-state index in [0.29, 0.717) is 12.5 Å². The van der Waals surface area contributed by atoms with Gasteiger partial charge in [0.15, 0.2) is 0 Å². The first-order valence-electron chi connectivity index (χ1n) is 5.67. The molecule has 98 valence electrons. The molecule has 0 bridgehead atoms. The van der Waals surface area contributed by atoms with E-state index >= 15 is 0 Å². The summed E-state index contributed by atoms with van der Waals surface area (Å²) < 4.78 is 25.6. The normalized spacial score (nSPS) is 12.4. The van der Waals surface area contributed by atoms with Crippen molar-refractivity contribution in [1.82, 2.24) is 9.55 Å². The molecular weight excluding hydrogens is 240 g/mol. The van der Waals surface area contributed by atoms with Crippen molar-refractivity contribution in [3.05, 3.63) is 11.4 Å². The minimum atomic E-state index is -3.49. The molecule has 0 aromatic carbocycles. The topological polar surface area (TPSA) is 72.2 Å². The number of hydrogen-bond donors (Lipinski definition) is 1. The van der Waals surface area contributed by atoms with Gasteiger partial charge >= 0.3 is 0 Å². The van der Waals surface area contributed by atoms with Gasteiger partial charge in [-0.05, 0) is 19.8 Å². The van der Waals surface area contributed by atoms with Crippen LogP contribution in [0.15, 0.2) is 5.16 Å². The molecule has 0 saturated heterocycles. The van der Waals surface area contributed by atoms with Gasteiger partial charge in [0.2, 0.25) is 15.0 Å². The number of hydrogen-bond acceptors (Lipinski definition) is 4. The maximum Gasteiger partial charge on any atom is 0.228 e. The van der Waals surface area contributed by atoms with Crippen LogP contribution in [0.2, 0.25) is 0 Å². The van der Waals surface area contributed by atoms with Crippen LogP contribution < -0.4 is 0 Å². The largest absolute Gasteiger partial charge is 0.395 e. The summed E-state index contributed by atoms with van der Waals surface area (Å²) in [5.41, 5.74) is 1.59. The zero-order valence-corrected chi connectivity index (χ0v) is 11.6. The van der Waals surface area contributed by atoms with Crippen molar-refractivity contribution >= 4 is 9.84 Å². The van der Waals surface area contributed by atoms with E-state index in [2.05, 4.69) is 4.98 Å². The Balaban J connectivity index is 3.29. The van der Waals surface area contributed by atoms with Gasteiger partial charge in [-0.25, -0.2) is 13.4 Å². The standard InChI is InChI=1S/C11H20N2O3S/c1-8(2)7-13-10(4)9(3)12-11(13)17(15,16)6-5-14/h8,14H,5-7H2,1-4H3. The second-order valence-electron chi connectivity index (χ2n) is 4.61. The predicted molar refractivity (Wildman–Crippen MR) is 65.7 cm³/mol. The number of aryl methyl sites for hydroxylation is 1. The summed E-state index contributed by atoms with van der Waals surface area (Å²) >= 11 is 0. The zero-order valence-electron chi connectivity index (χ0n) is 10.8. The van der Waals surface area contributed by atoms with Gasteiger partial charge in [-0.3, -0.25) is 0 Å². The molecule has 1 aromatic heterocycles. The van der Waals surface area contributed by atoms with Gasteiger partial charge < -0.3 is 9.67 Å². The molecule has 0 atom stereocenters. The van der Waals surface area contributed by atoms with Crippen LogP contribution in [0.1, 0.15) is 25.2 Å². The van der Waals surface area contributed by atoms with Crippen LogP contribution in [0, 0.1) is 19.8 Å². The lowest BCUT2D eigenvalue weighted by molar-refractivity contribution is 0.319. The highest BCUT2D eigenvalue weighted by atomic mass is 32.2. The van der Waals surface area contributed by atoms with Crippen molar-refractivity contribution in [1.29, 1.82) is 0 Å². The Bertz CT molecular complexity index is 489. The van der Waals surface area contributed by atoms with E-state index in [1.165, 1.54) is 0 Å². The lowest BCUT2D eigenvalue weighted by atomic mass is 10.2. The first-order valence-corrected chi connectivity index (χ1v) is 7.32. The van der Waals surface area contributed by atoms with Gasteiger partial charge in [0.1, 0.15) is 0 Å². The molecule has 0 saturated carbocycles. The molecule has 1 heterocycles. The van der Waals surface area contributed by atoms with Crippen molar-refractivity contribution in [3.63, 3.8) is 0 Å². The summed E-state index contributed by atoms with van der Waals surface area (Å²) in [6, 6.07) is 0. The molecule has 0 aliphatic carbocycles. The number of nitrogens with zero attached hydrogens (tertiary/aromatic N) is 2. The number of rotatable bonds is 5. The third-order valence-corrected chi connectivity index (χ3v) is 4.20. The molecular formula is C11H20N2O3S. The highest BCUT2D eigenvalue weighted by Crippen LogP contribution is 2.18. The SMILES string of the molecule is Cc1nc(S(=O)(=O)CCO)n(CC(C)C)c1C. The van der Waals surface area contributed by atoms with Crippen molar-refractivity contribution < 1.29 is 13.5 Å². The monoisotopic (exact) mass is 260 g/mol. The first-order chi connectivity index (χ1) is 7.79. The molecule has 0 radical (unpaired) electrons. The second-order valence-corrected chi connectivity index (χ2v) is 6.62. The Morgan fingerprint density at radius 1 is 1.35 bits per heavy atom. The van der Waals surface area contributed by atoms with Crippen LogP contribution in [-0.4, -0.2) is 35.4 Å². The number of imidazole rings is 1. The highest BCUT2D eigenvalue weighted by molar-refractivity contribution is 7.91. The molecule has 0 spiro atoms. The van der Waals surface area contributed by atoms with Crippen LogP contribution in [0.5, 0.6) is 0 Å². The quantitative estimate of drug-likeness (QED) is 0.854. The Hall–Kier alpha value is -0.880. The van der Waals surface area contributed by atoms with E-state index in [-0.39, 0.29) is 17.5 Å². The van der Waals surface area contributed by atoms with Gasteiger partial charge in [0.05, 0.1) is 18.1 Å². The number of aliphatic hydroxyl groups is 1. The summed E-state index contributed by atoms with van der Waals surface area (Å²) in [7, 11) is -3.49. The van der Waals surface area contributed by atoms with Crippen molar-refractivity contribution in [2.75, 3.05) is 12.4 Å². The van der Waals surface area contributed by atoms with Crippen molar-refractivity contribution in [2.45, 2.75) is 39.4 Å². The summed E-state index contributed by atoms with van der Waals surface area (Å²) in [4.78, 5) is 4.12. The fourth-order valence-electron chi connectivity index (χ4n) is 1.65. The maximum absolute atomic E-state index is 12.0. The molecule has 0 aliphatic heterocycles. The van der Waals surface area contributed by atoms with Crippen LogP contribution in [0.3, 0.4) is 0 Å². The highest BCUT2D eigenvalue weighted by Gasteiger charge is 2.23. The maximum atomic E-state index is 12.0. The molecule has 17 heavy (non-hydrogen) atoms. The minimum absolute atomic E-state index is 0.0789. The van der Waals surface area contributed by atoms with Crippen molar-refractivity contribution in [2.24, 2.45) is 5.92 Å². The third-order valence-electron chi connectivity index (χ3n) is 2.61. The van der Waals surface area contributed by atoms with Gasteiger partial charge in [-0.2, -0.15) is 0 Å². The predicted octanol–water partition coefficient (Wildman–Crippen LogP) is 0.922. The van der Waals surface area contributed by atoms with Crippen LogP contribution in [0.4, 0.5) is 0 Å². The minimum Gasteiger partial charge on any atom is -0.395 e. The molecule has 0 amide bonds. The first kappa shape index (κ1) is 14.2. The summed E-state index contributed by atoms with van der Waals surface area (Å²) in [6.07, 6.45) is 0. The smallest absolute Gasteiger partial charge is 0.228 e. The summed E-state index contributed by atoms with van der Waals surface area (Å²) in [5.74, 6) is 0.0615. The van der Waals surface area contributed by atoms with Gasteiger partial charge in [0, 0.05) is 12.2 Å². The molecule has 1 rings (SSSR count). The lowest BCUT2D eigenvalue weighted by Gasteiger charge is -2.12. The van der Waals surface area contributed by atoms with Gasteiger partial charge in [-0.15, -0.1) is 0 Å². The molecule has 0 aliphatic rings. The van der Waals surface area contributed by atoms with E-state index in [0.717, 1.165) is 11.4 Å². The number of sulfone groups is 1. The fourth-order valence-corrected chi connectivity index (χ4v) is 2.90. The van der Waals surface area contributed by atoms with Gasteiger partial charge in [0.25, 0.3) is 0 Å². The van der Waals surface area contributed by atoms with E-state index in [1.54, 1.807) is 11.5 Å². The Kier molecular flexibility index (Phi) is 4.32. The molecule has 1 aromatic rings. The number of aliphatic hydroxyl groups excluding tert-OH is 1. The van der Waals surface area contributed by atoms with E-state index in [9.17, 15) is 8.42 Å².